The number of rotatable bonds is 11. The van der Waals surface area contributed by atoms with Crippen LogP contribution in [0.15, 0.2) is 91.0 Å². The minimum Gasteiger partial charge on any atom is -0.374 e. The van der Waals surface area contributed by atoms with Gasteiger partial charge < -0.3 is 29.4 Å². The van der Waals surface area contributed by atoms with Gasteiger partial charge in [0.15, 0.2) is 6.29 Å². The van der Waals surface area contributed by atoms with E-state index < -0.39 is 30.6 Å². The van der Waals surface area contributed by atoms with Crippen molar-refractivity contribution in [2.24, 2.45) is 0 Å². The first-order valence-electron chi connectivity index (χ1n) is 12.1. The Morgan fingerprint density at radius 3 is 1.75 bits per heavy atom. The number of nitrogens with one attached hydrogen (secondary N) is 1. The van der Waals surface area contributed by atoms with Crippen LogP contribution in [0.3, 0.4) is 0 Å². The number of carbonyl (C=O) groups excluding carboxylic acids is 1. The Hall–Kier alpha value is -3.07. The molecular weight excluding hydrogens is 458 g/mol. The molecule has 1 heterocycles. The summed E-state index contributed by atoms with van der Waals surface area (Å²) in [6, 6.07) is 28.6. The summed E-state index contributed by atoms with van der Waals surface area (Å²) >= 11 is 0. The van der Waals surface area contributed by atoms with E-state index in [1.807, 2.05) is 91.0 Å². The van der Waals surface area contributed by atoms with Gasteiger partial charge in [0.05, 0.1) is 26.4 Å². The molecule has 3 aromatic rings. The van der Waals surface area contributed by atoms with Crippen molar-refractivity contribution in [1.82, 2.24) is 5.32 Å². The Morgan fingerprint density at radius 1 is 0.778 bits per heavy atom. The lowest BCUT2D eigenvalue weighted by molar-refractivity contribution is -0.277. The number of hydrogen-bond acceptors (Lipinski definition) is 6. The lowest BCUT2D eigenvalue weighted by Gasteiger charge is -2.44. The highest BCUT2D eigenvalue weighted by atomic mass is 16.7. The normalized spacial score (nSPS) is 23.8. The fraction of sp³-hybridized carbons (Fsp3) is 0.345. The van der Waals surface area contributed by atoms with E-state index in [2.05, 4.69) is 5.32 Å². The first-order chi connectivity index (χ1) is 17.6. The number of hydrogen-bond donors (Lipinski definition) is 2. The number of ether oxygens (including phenoxy) is 4. The molecule has 7 heteroatoms. The second kappa shape index (κ2) is 13.3. The molecule has 0 bridgehead atoms. The van der Waals surface area contributed by atoms with Crippen LogP contribution in [0, 0.1) is 0 Å². The summed E-state index contributed by atoms with van der Waals surface area (Å²) in [5.41, 5.74) is 2.99. The predicted molar refractivity (Wildman–Crippen MR) is 135 cm³/mol. The van der Waals surface area contributed by atoms with Crippen molar-refractivity contribution in [3.05, 3.63) is 108 Å². The van der Waals surface area contributed by atoms with Gasteiger partial charge in [0, 0.05) is 6.92 Å². The SMILES string of the molecule is CC(=O)N[C@@H]1[C@@H](OCc2ccccc2)[C@H](OCc2ccccc2)[C@@H](COCc2ccccc2)O[C@H]1O. The van der Waals surface area contributed by atoms with Crippen LogP contribution in [0.4, 0.5) is 0 Å². The maximum Gasteiger partial charge on any atom is 0.217 e. The third-order valence-electron chi connectivity index (χ3n) is 6.00. The van der Waals surface area contributed by atoms with Gasteiger partial charge in [-0.3, -0.25) is 4.79 Å². The summed E-state index contributed by atoms with van der Waals surface area (Å²) in [7, 11) is 0. The molecule has 0 spiro atoms. The first kappa shape index (κ1) is 26.0. The van der Waals surface area contributed by atoms with Crippen LogP contribution < -0.4 is 5.32 Å². The lowest BCUT2D eigenvalue weighted by Crippen LogP contribution is -2.65. The largest absolute Gasteiger partial charge is 0.374 e. The molecule has 1 aliphatic heterocycles. The van der Waals surface area contributed by atoms with Crippen molar-refractivity contribution in [1.29, 1.82) is 0 Å². The van der Waals surface area contributed by atoms with Crippen LogP contribution in [-0.4, -0.2) is 48.3 Å². The fourth-order valence-electron chi connectivity index (χ4n) is 4.24. The monoisotopic (exact) mass is 491 g/mol. The number of aliphatic hydroxyl groups is 1. The van der Waals surface area contributed by atoms with Gasteiger partial charge in [0.2, 0.25) is 5.91 Å². The zero-order chi connectivity index (χ0) is 25.2. The standard InChI is InChI=1S/C29H33NO6/c1-21(31)30-26-28(35-19-24-15-9-4-10-16-24)27(34-18-23-13-7-3-8-14-23)25(36-29(26)32)20-33-17-22-11-5-2-6-12-22/h2-16,25-29,32H,17-20H2,1H3,(H,30,31)/t25-,26-,27-,28-,29-/m1/s1. The van der Waals surface area contributed by atoms with Crippen molar-refractivity contribution in [3.8, 4) is 0 Å². The Balaban J connectivity index is 1.53. The number of amides is 1. The minimum atomic E-state index is -1.28. The van der Waals surface area contributed by atoms with Crippen molar-refractivity contribution in [2.75, 3.05) is 6.61 Å². The van der Waals surface area contributed by atoms with Gasteiger partial charge in [-0.25, -0.2) is 0 Å². The molecule has 5 atom stereocenters. The highest BCUT2D eigenvalue weighted by Crippen LogP contribution is 2.27. The molecule has 0 aliphatic carbocycles. The Morgan fingerprint density at radius 2 is 1.25 bits per heavy atom. The topological polar surface area (TPSA) is 86.3 Å². The van der Waals surface area contributed by atoms with E-state index in [9.17, 15) is 9.90 Å². The maximum absolute atomic E-state index is 12.0. The molecule has 3 aromatic carbocycles. The van der Waals surface area contributed by atoms with Crippen molar-refractivity contribution in [3.63, 3.8) is 0 Å². The molecule has 1 amide bonds. The van der Waals surface area contributed by atoms with Crippen LogP contribution >= 0.6 is 0 Å². The van der Waals surface area contributed by atoms with Crippen LogP contribution in [0.25, 0.3) is 0 Å². The van der Waals surface area contributed by atoms with Crippen molar-refractivity contribution >= 4 is 5.91 Å². The van der Waals surface area contributed by atoms with E-state index in [4.69, 9.17) is 18.9 Å². The molecule has 190 valence electrons. The average molecular weight is 492 g/mol. The van der Waals surface area contributed by atoms with E-state index in [0.29, 0.717) is 13.2 Å². The highest BCUT2D eigenvalue weighted by molar-refractivity contribution is 5.73. The summed E-state index contributed by atoms with van der Waals surface area (Å²) in [4.78, 5) is 12.0. The second-order valence-corrected chi connectivity index (χ2v) is 8.81. The van der Waals surface area contributed by atoms with Crippen LogP contribution in [-0.2, 0) is 43.6 Å². The summed E-state index contributed by atoms with van der Waals surface area (Å²) in [5, 5.41) is 13.6. The van der Waals surface area contributed by atoms with Gasteiger partial charge >= 0.3 is 0 Å². The number of benzene rings is 3. The zero-order valence-corrected chi connectivity index (χ0v) is 20.4. The summed E-state index contributed by atoms with van der Waals surface area (Å²) in [6.45, 7) is 2.58. The molecule has 0 saturated carbocycles. The van der Waals surface area contributed by atoms with E-state index in [-0.39, 0.29) is 19.1 Å². The molecule has 1 fully saturated rings. The molecule has 1 saturated heterocycles. The second-order valence-electron chi connectivity index (χ2n) is 8.81. The predicted octanol–water partition coefficient (Wildman–Crippen LogP) is 3.60. The quantitative estimate of drug-likeness (QED) is 0.426. The summed E-state index contributed by atoms with van der Waals surface area (Å²) < 4.78 is 24.6. The van der Waals surface area contributed by atoms with E-state index in [1.165, 1.54) is 6.92 Å². The van der Waals surface area contributed by atoms with Crippen molar-refractivity contribution < 1.29 is 28.8 Å². The lowest BCUT2D eigenvalue weighted by atomic mass is 9.96. The van der Waals surface area contributed by atoms with Gasteiger partial charge in [-0.2, -0.15) is 0 Å². The fourth-order valence-corrected chi connectivity index (χ4v) is 4.24. The molecule has 0 unspecified atom stereocenters. The van der Waals surface area contributed by atoms with Gasteiger partial charge in [0.25, 0.3) is 0 Å². The Labute approximate surface area is 212 Å². The molecule has 2 N–H and O–H groups in total. The molecular formula is C29H33NO6. The molecule has 0 radical (unpaired) electrons. The molecule has 4 rings (SSSR count). The van der Waals surface area contributed by atoms with Crippen LogP contribution in [0.5, 0.6) is 0 Å². The van der Waals surface area contributed by atoms with Crippen LogP contribution in [0.1, 0.15) is 23.6 Å². The minimum absolute atomic E-state index is 0.184. The van der Waals surface area contributed by atoms with E-state index >= 15 is 0 Å². The average Bonchev–Trinajstić information content (AvgIpc) is 2.90. The van der Waals surface area contributed by atoms with E-state index in [0.717, 1.165) is 16.7 Å². The maximum atomic E-state index is 12.0. The molecule has 7 nitrogen and oxygen atoms in total. The van der Waals surface area contributed by atoms with Crippen LogP contribution in [0.2, 0.25) is 0 Å². The Kier molecular flexibility index (Phi) is 9.61. The number of carbonyl (C=O) groups is 1. The van der Waals surface area contributed by atoms with Gasteiger partial charge in [0.1, 0.15) is 24.4 Å². The third kappa shape index (κ3) is 7.46. The first-order valence-corrected chi connectivity index (χ1v) is 12.1. The summed E-state index contributed by atoms with van der Waals surface area (Å²) in [6.07, 6.45) is -3.17. The summed E-state index contributed by atoms with van der Waals surface area (Å²) in [5.74, 6) is -0.295. The third-order valence-corrected chi connectivity index (χ3v) is 6.00. The zero-order valence-electron chi connectivity index (χ0n) is 20.4. The van der Waals surface area contributed by atoms with Gasteiger partial charge in [-0.05, 0) is 16.7 Å². The molecule has 0 aromatic heterocycles. The Bertz CT molecular complexity index is 1050. The van der Waals surface area contributed by atoms with Crippen molar-refractivity contribution in [2.45, 2.75) is 57.4 Å². The van der Waals surface area contributed by atoms with Gasteiger partial charge in [-0.1, -0.05) is 91.0 Å². The van der Waals surface area contributed by atoms with E-state index in [1.54, 1.807) is 0 Å². The number of aliphatic hydroxyl groups excluding tert-OH is 1. The smallest absolute Gasteiger partial charge is 0.217 e. The highest BCUT2D eigenvalue weighted by Gasteiger charge is 2.47. The van der Waals surface area contributed by atoms with Gasteiger partial charge in [-0.15, -0.1) is 0 Å². The molecule has 36 heavy (non-hydrogen) atoms. The molecule has 1 aliphatic rings.